The number of sulfonamides is 1. The third-order valence-electron chi connectivity index (χ3n) is 3.75. The van der Waals surface area contributed by atoms with Gasteiger partial charge in [-0.05, 0) is 34.7 Å². The highest BCUT2D eigenvalue weighted by Gasteiger charge is 2.32. The predicted octanol–water partition coefficient (Wildman–Crippen LogP) is 2.74. The lowest BCUT2D eigenvalue weighted by Gasteiger charge is -2.30. The minimum Gasteiger partial charge on any atom is -0.450 e. The maximum atomic E-state index is 12.6. The van der Waals surface area contributed by atoms with Crippen LogP contribution in [0.3, 0.4) is 0 Å². The monoisotopic (exact) mass is 365 g/mol. The molecule has 0 saturated carbocycles. The van der Waals surface area contributed by atoms with E-state index in [4.69, 9.17) is 9.52 Å². The molecule has 20 heavy (non-hydrogen) atoms. The van der Waals surface area contributed by atoms with Gasteiger partial charge >= 0.3 is 0 Å². The quantitative estimate of drug-likeness (QED) is 0.870. The molecular weight excluding hydrogens is 346 g/mol. The number of hydrogen-bond acceptors (Lipinski definition) is 4. The molecule has 2 rings (SSSR count). The van der Waals surface area contributed by atoms with Crippen molar-refractivity contribution in [1.29, 1.82) is 0 Å². The van der Waals surface area contributed by atoms with E-state index >= 15 is 0 Å². The van der Waals surface area contributed by atoms with Gasteiger partial charge in [0.2, 0.25) is 10.0 Å². The standard InChI is InChI=1S/C13H20BrNO4S/c1-2-3-10-4-6-15(7-5-10)20(17,18)12-8-11(9-16)19-13(12)14/h8,10,16H,2-7,9H2,1H3. The summed E-state index contributed by atoms with van der Waals surface area (Å²) >= 11 is 3.11. The smallest absolute Gasteiger partial charge is 0.247 e. The molecule has 5 nitrogen and oxygen atoms in total. The molecular formula is C13H20BrNO4S. The Morgan fingerprint density at radius 3 is 2.60 bits per heavy atom. The van der Waals surface area contributed by atoms with Crippen LogP contribution in [0.15, 0.2) is 20.0 Å². The van der Waals surface area contributed by atoms with E-state index in [1.807, 2.05) is 0 Å². The third kappa shape index (κ3) is 3.27. The summed E-state index contributed by atoms with van der Waals surface area (Å²) in [6.07, 6.45) is 4.13. The molecule has 0 bridgehead atoms. The molecule has 7 heteroatoms. The molecule has 1 N–H and O–H groups in total. The van der Waals surface area contributed by atoms with Crippen LogP contribution in [0.1, 0.15) is 38.4 Å². The summed E-state index contributed by atoms with van der Waals surface area (Å²) in [6, 6.07) is 1.39. The summed E-state index contributed by atoms with van der Waals surface area (Å²) < 4.78 is 31.9. The number of hydrogen-bond donors (Lipinski definition) is 1. The van der Waals surface area contributed by atoms with E-state index in [1.54, 1.807) is 0 Å². The van der Waals surface area contributed by atoms with Crippen LogP contribution in [0.25, 0.3) is 0 Å². The fourth-order valence-electron chi connectivity index (χ4n) is 2.64. The Hall–Kier alpha value is -0.370. The lowest BCUT2D eigenvalue weighted by Crippen LogP contribution is -2.38. The summed E-state index contributed by atoms with van der Waals surface area (Å²) in [4.78, 5) is 0.107. The molecule has 0 atom stereocenters. The van der Waals surface area contributed by atoms with Crippen molar-refractivity contribution in [3.05, 3.63) is 16.5 Å². The number of halogens is 1. The van der Waals surface area contributed by atoms with Gasteiger partial charge in [-0.25, -0.2) is 8.42 Å². The van der Waals surface area contributed by atoms with E-state index in [-0.39, 0.29) is 21.9 Å². The molecule has 1 aliphatic heterocycles. The zero-order chi connectivity index (χ0) is 14.8. The fraction of sp³-hybridized carbons (Fsp3) is 0.692. The summed E-state index contributed by atoms with van der Waals surface area (Å²) in [5.74, 6) is 0.878. The van der Waals surface area contributed by atoms with Crippen molar-refractivity contribution in [2.24, 2.45) is 5.92 Å². The van der Waals surface area contributed by atoms with E-state index in [2.05, 4.69) is 22.9 Å². The molecule has 1 saturated heterocycles. The van der Waals surface area contributed by atoms with E-state index in [1.165, 1.54) is 10.4 Å². The largest absolute Gasteiger partial charge is 0.450 e. The average Bonchev–Trinajstić information content (AvgIpc) is 2.82. The Kier molecular flexibility index (Phi) is 5.28. The van der Waals surface area contributed by atoms with Crippen molar-refractivity contribution in [3.63, 3.8) is 0 Å². The second kappa shape index (κ2) is 6.60. The Morgan fingerprint density at radius 1 is 1.45 bits per heavy atom. The Balaban J connectivity index is 2.13. The number of piperidine rings is 1. The molecule has 0 unspecified atom stereocenters. The molecule has 1 fully saturated rings. The Morgan fingerprint density at radius 2 is 2.10 bits per heavy atom. The lowest BCUT2D eigenvalue weighted by atomic mass is 9.94. The maximum Gasteiger partial charge on any atom is 0.247 e. The summed E-state index contributed by atoms with van der Waals surface area (Å²) in [5.41, 5.74) is 0. The highest BCUT2D eigenvalue weighted by atomic mass is 79.9. The van der Waals surface area contributed by atoms with Gasteiger partial charge in [-0.2, -0.15) is 4.31 Å². The van der Waals surface area contributed by atoms with Crippen molar-refractivity contribution < 1.29 is 17.9 Å². The minimum absolute atomic E-state index is 0.107. The second-order valence-electron chi connectivity index (χ2n) is 5.14. The first-order valence-electron chi connectivity index (χ1n) is 6.88. The van der Waals surface area contributed by atoms with Gasteiger partial charge in [0.15, 0.2) is 4.67 Å². The molecule has 0 radical (unpaired) electrons. The van der Waals surface area contributed by atoms with Crippen LogP contribution < -0.4 is 0 Å². The van der Waals surface area contributed by atoms with Crippen LogP contribution in [0.4, 0.5) is 0 Å². The van der Waals surface area contributed by atoms with Crippen LogP contribution in [-0.2, 0) is 16.6 Å². The van der Waals surface area contributed by atoms with Crippen LogP contribution in [0.2, 0.25) is 0 Å². The van der Waals surface area contributed by atoms with Crippen LogP contribution in [-0.4, -0.2) is 30.9 Å². The molecule has 1 aromatic heterocycles. The van der Waals surface area contributed by atoms with Crippen molar-refractivity contribution in [2.75, 3.05) is 13.1 Å². The molecule has 1 aromatic rings. The Labute approximate surface area is 128 Å². The lowest BCUT2D eigenvalue weighted by molar-refractivity contribution is 0.244. The third-order valence-corrected chi connectivity index (χ3v) is 6.51. The van der Waals surface area contributed by atoms with Gasteiger partial charge in [-0.3, -0.25) is 0 Å². The second-order valence-corrected chi connectivity index (χ2v) is 7.77. The molecule has 114 valence electrons. The summed E-state index contributed by atoms with van der Waals surface area (Å²) in [5, 5.41) is 9.02. The van der Waals surface area contributed by atoms with Crippen LogP contribution >= 0.6 is 15.9 Å². The first-order valence-corrected chi connectivity index (χ1v) is 9.11. The highest BCUT2D eigenvalue weighted by molar-refractivity contribution is 9.10. The Bertz CT molecular complexity index is 547. The van der Waals surface area contributed by atoms with Crippen molar-refractivity contribution >= 4 is 26.0 Å². The van der Waals surface area contributed by atoms with E-state index in [0.717, 1.165) is 25.7 Å². The normalized spacial score (nSPS) is 18.6. The molecule has 1 aliphatic rings. The van der Waals surface area contributed by atoms with Gasteiger partial charge in [-0.1, -0.05) is 19.8 Å². The van der Waals surface area contributed by atoms with Gasteiger partial charge in [0.1, 0.15) is 17.3 Å². The van der Waals surface area contributed by atoms with Crippen molar-refractivity contribution in [2.45, 2.75) is 44.1 Å². The van der Waals surface area contributed by atoms with Crippen molar-refractivity contribution in [3.8, 4) is 0 Å². The van der Waals surface area contributed by atoms with Crippen LogP contribution in [0.5, 0.6) is 0 Å². The van der Waals surface area contributed by atoms with Crippen molar-refractivity contribution in [1.82, 2.24) is 4.31 Å². The highest BCUT2D eigenvalue weighted by Crippen LogP contribution is 2.31. The topological polar surface area (TPSA) is 70.8 Å². The molecule has 0 amide bonds. The zero-order valence-corrected chi connectivity index (χ0v) is 13.9. The summed E-state index contributed by atoms with van der Waals surface area (Å²) in [6.45, 7) is 2.95. The molecule has 0 aromatic carbocycles. The first kappa shape index (κ1) is 16.0. The fourth-order valence-corrected chi connectivity index (χ4v) is 5.07. The number of rotatable bonds is 5. The number of aliphatic hydroxyl groups is 1. The van der Waals surface area contributed by atoms with Gasteiger partial charge in [0.25, 0.3) is 0 Å². The zero-order valence-electron chi connectivity index (χ0n) is 11.5. The van der Waals surface area contributed by atoms with Gasteiger partial charge in [-0.15, -0.1) is 0 Å². The van der Waals surface area contributed by atoms with E-state index in [0.29, 0.717) is 19.0 Å². The number of nitrogens with zero attached hydrogens (tertiary/aromatic N) is 1. The van der Waals surface area contributed by atoms with Gasteiger partial charge < -0.3 is 9.52 Å². The molecule has 0 aliphatic carbocycles. The van der Waals surface area contributed by atoms with E-state index in [9.17, 15) is 8.42 Å². The SMILES string of the molecule is CCCC1CCN(S(=O)(=O)c2cc(CO)oc2Br)CC1. The number of furan rings is 1. The summed E-state index contributed by atoms with van der Waals surface area (Å²) in [7, 11) is -3.54. The molecule has 0 spiro atoms. The molecule has 2 heterocycles. The van der Waals surface area contributed by atoms with Gasteiger partial charge in [0, 0.05) is 19.2 Å². The average molecular weight is 366 g/mol. The van der Waals surface area contributed by atoms with E-state index < -0.39 is 10.0 Å². The number of aliphatic hydroxyl groups excluding tert-OH is 1. The predicted molar refractivity (Wildman–Crippen MR) is 78.7 cm³/mol. The van der Waals surface area contributed by atoms with Crippen LogP contribution in [0, 0.1) is 5.92 Å². The minimum atomic E-state index is -3.54. The van der Waals surface area contributed by atoms with Gasteiger partial charge in [0.05, 0.1) is 0 Å². The maximum absolute atomic E-state index is 12.6. The first-order chi connectivity index (χ1) is 9.48.